The second-order valence-electron chi connectivity index (χ2n) is 17.4. The van der Waals surface area contributed by atoms with Crippen LogP contribution in [0.25, 0.3) is 0 Å². The summed E-state index contributed by atoms with van der Waals surface area (Å²) in [4.78, 5) is 25.2. The van der Waals surface area contributed by atoms with E-state index in [0.29, 0.717) is 31.2 Å². The van der Waals surface area contributed by atoms with Crippen molar-refractivity contribution in [2.45, 2.75) is 144 Å². The third-order valence-electron chi connectivity index (χ3n) is 14.6. The number of nitrogens with one attached hydrogen (secondary N) is 1. The van der Waals surface area contributed by atoms with Crippen LogP contribution in [0.3, 0.4) is 0 Å². The van der Waals surface area contributed by atoms with E-state index >= 15 is 0 Å². The molecule has 5 rings (SSSR count). The molecule has 0 unspecified atom stereocenters. The van der Waals surface area contributed by atoms with E-state index in [-0.39, 0.29) is 50.4 Å². The number of allylic oxidation sites excluding steroid dienone is 2. The van der Waals surface area contributed by atoms with Gasteiger partial charge in [0, 0.05) is 6.54 Å². The second kappa shape index (κ2) is 10.6. The van der Waals surface area contributed by atoms with E-state index in [0.717, 1.165) is 57.8 Å². The van der Waals surface area contributed by atoms with Crippen LogP contribution in [0.15, 0.2) is 11.6 Å². The zero-order valence-electron chi connectivity index (χ0n) is 27.7. The molecule has 0 heterocycles. The molecule has 238 valence electrons. The van der Waals surface area contributed by atoms with Gasteiger partial charge in [0.05, 0.1) is 11.5 Å². The highest BCUT2D eigenvalue weighted by Crippen LogP contribution is 2.75. The number of carboxylic acids is 1. The first kappa shape index (κ1) is 32.0. The van der Waals surface area contributed by atoms with E-state index in [1.807, 2.05) is 0 Å². The number of hydrogen-bond donors (Lipinski definition) is 4. The lowest BCUT2D eigenvalue weighted by Crippen LogP contribution is -2.65. The molecule has 6 heteroatoms. The van der Waals surface area contributed by atoms with Gasteiger partial charge in [-0.15, -0.1) is 0 Å². The predicted octanol–water partition coefficient (Wildman–Crippen LogP) is 6.85. The summed E-state index contributed by atoms with van der Waals surface area (Å²) in [6.07, 6.45) is 14.9. The maximum absolute atomic E-state index is 14.2. The topological polar surface area (TPSA) is 113 Å². The average molecular weight is 585 g/mol. The quantitative estimate of drug-likeness (QED) is 0.193. The van der Waals surface area contributed by atoms with E-state index in [2.05, 4.69) is 59.9 Å². The molecule has 6 nitrogen and oxygen atoms in total. The largest absolute Gasteiger partial charge is 0.480 e. The van der Waals surface area contributed by atoms with Crippen LogP contribution < -0.4 is 11.1 Å². The average Bonchev–Trinajstić information content (AvgIpc) is 2.90. The summed E-state index contributed by atoms with van der Waals surface area (Å²) in [7, 11) is 0. The van der Waals surface area contributed by atoms with Crippen molar-refractivity contribution < 1.29 is 19.8 Å². The Morgan fingerprint density at radius 2 is 1.64 bits per heavy atom. The fourth-order valence-electron chi connectivity index (χ4n) is 11.6. The molecule has 5 aliphatic carbocycles. The highest BCUT2D eigenvalue weighted by molar-refractivity contribution is 5.84. The Bertz CT molecular complexity index is 1110. The Kier molecular flexibility index (Phi) is 8.08. The number of amides is 1. The predicted molar refractivity (Wildman–Crippen MR) is 168 cm³/mol. The summed E-state index contributed by atoms with van der Waals surface area (Å²) >= 11 is 0. The summed E-state index contributed by atoms with van der Waals surface area (Å²) in [5.74, 6) is 0.671. The van der Waals surface area contributed by atoms with Crippen LogP contribution >= 0.6 is 0 Å². The molecular weight excluding hydrogens is 524 g/mol. The molecule has 0 spiro atoms. The number of carboxylic acid groups (broad SMARTS) is 1. The minimum absolute atomic E-state index is 0.0505. The lowest BCUT2D eigenvalue weighted by molar-refractivity contribution is -0.203. The summed E-state index contributed by atoms with van der Waals surface area (Å²) in [5, 5.41) is 23.4. The van der Waals surface area contributed by atoms with Crippen molar-refractivity contribution >= 4 is 11.9 Å². The molecule has 0 aromatic rings. The third kappa shape index (κ3) is 4.71. The van der Waals surface area contributed by atoms with Gasteiger partial charge in [0.15, 0.2) is 0 Å². The zero-order valence-corrected chi connectivity index (χ0v) is 27.7. The molecule has 5 aliphatic rings. The van der Waals surface area contributed by atoms with Crippen LogP contribution in [0.4, 0.5) is 0 Å². The van der Waals surface area contributed by atoms with Crippen LogP contribution in [-0.4, -0.2) is 40.8 Å². The molecule has 0 bridgehead atoms. The van der Waals surface area contributed by atoms with Crippen molar-refractivity contribution in [2.75, 3.05) is 6.54 Å². The van der Waals surface area contributed by atoms with E-state index in [4.69, 9.17) is 10.8 Å². The van der Waals surface area contributed by atoms with E-state index < -0.39 is 12.0 Å². The highest BCUT2D eigenvalue weighted by Gasteiger charge is 2.69. The van der Waals surface area contributed by atoms with Crippen molar-refractivity contribution in [2.24, 2.45) is 56.0 Å². The minimum atomic E-state index is -0.959. The molecular formula is C36H60N2O4. The molecule has 0 aliphatic heterocycles. The summed E-state index contributed by atoms with van der Waals surface area (Å²) in [6.45, 7) is 17.7. The van der Waals surface area contributed by atoms with Gasteiger partial charge in [-0.25, -0.2) is 0 Å². The number of carbonyl (C=O) groups is 2. The molecule has 4 fully saturated rings. The van der Waals surface area contributed by atoms with Gasteiger partial charge >= 0.3 is 5.97 Å². The first-order valence-electron chi connectivity index (χ1n) is 17.1. The highest BCUT2D eigenvalue weighted by atomic mass is 16.4. The summed E-state index contributed by atoms with van der Waals surface area (Å²) in [5.41, 5.74) is 7.57. The van der Waals surface area contributed by atoms with Gasteiger partial charge < -0.3 is 21.3 Å². The second-order valence-corrected chi connectivity index (χ2v) is 17.4. The van der Waals surface area contributed by atoms with E-state index in [9.17, 15) is 14.7 Å². The Morgan fingerprint density at radius 1 is 0.952 bits per heavy atom. The monoisotopic (exact) mass is 584 g/mol. The van der Waals surface area contributed by atoms with Crippen molar-refractivity contribution in [1.29, 1.82) is 0 Å². The Hall–Kier alpha value is -1.40. The molecule has 0 aromatic carbocycles. The van der Waals surface area contributed by atoms with Gasteiger partial charge in [0.25, 0.3) is 0 Å². The number of aliphatic hydroxyl groups is 1. The summed E-state index contributed by atoms with van der Waals surface area (Å²) < 4.78 is 0. The number of nitrogens with two attached hydrogens (primary N) is 1. The van der Waals surface area contributed by atoms with Crippen LogP contribution in [-0.2, 0) is 9.59 Å². The van der Waals surface area contributed by atoms with Crippen molar-refractivity contribution in [3.8, 4) is 0 Å². The fourth-order valence-corrected chi connectivity index (χ4v) is 11.6. The van der Waals surface area contributed by atoms with Crippen LogP contribution in [0.5, 0.6) is 0 Å². The molecule has 0 aromatic heterocycles. The maximum atomic E-state index is 14.2. The summed E-state index contributed by atoms with van der Waals surface area (Å²) in [6, 6.07) is -0.828. The third-order valence-corrected chi connectivity index (χ3v) is 14.6. The smallest absolute Gasteiger partial charge is 0.320 e. The molecule has 5 N–H and O–H groups in total. The number of rotatable bonds is 7. The van der Waals surface area contributed by atoms with Gasteiger partial charge in [-0.2, -0.15) is 0 Å². The molecule has 4 saturated carbocycles. The number of aliphatic hydroxyl groups excluding tert-OH is 1. The van der Waals surface area contributed by atoms with Crippen LogP contribution in [0, 0.1) is 50.2 Å². The van der Waals surface area contributed by atoms with Gasteiger partial charge in [0.1, 0.15) is 6.04 Å². The Labute approximate surface area is 255 Å². The molecule has 1 amide bonds. The molecule has 42 heavy (non-hydrogen) atoms. The van der Waals surface area contributed by atoms with Crippen LogP contribution in [0.1, 0.15) is 132 Å². The number of fused-ring (bicyclic) bond motifs is 7. The van der Waals surface area contributed by atoms with Crippen LogP contribution in [0.2, 0.25) is 0 Å². The first-order chi connectivity index (χ1) is 19.4. The van der Waals surface area contributed by atoms with Gasteiger partial charge in [-0.05, 0) is 128 Å². The van der Waals surface area contributed by atoms with Gasteiger partial charge in [0.2, 0.25) is 5.91 Å². The number of carbonyl (C=O) groups excluding carboxylic acids is 1. The minimum Gasteiger partial charge on any atom is -0.480 e. The van der Waals surface area contributed by atoms with Crippen molar-refractivity contribution in [1.82, 2.24) is 5.32 Å². The normalized spacial score (nSPS) is 44.4. The fraction of sp³-hybridized carbons (Fsp3) is 0.889. The SMILES string of the molecule is CC1(C)CC[C@]2(C(=O)NCCCC[C@H](N)C(=O)O)CC[C@]3(C)C(=CC[C@@H]4[C@@]5(C)CC[C@H](O)C(C)(C)[C@@H]5CC[C@]43C)[C@@H]2C1. The Balaban J connectivity index is 1.42. The van der Waals surface area contributed by atoms with E-state index in [1.54, 1.807) is 5.57 Å². The van der Waals surface area contributed by atoms with Crippen molar-refractivity contribution in [3.05, 3.63) is 11.6 Å². The lowest BCUT2D eigenvalue weighted by atomic mass is 9.33. The van der Waals surface area contributed by atoms with Gasteiger partial charge in [-0.3, -0.25) is 9.59 Å². The zero-order chi connectivity index (χ0) is 30.9. The standard InChI is InChI=1S/C36H60N2O4/c1-31(2)17-19-36(30(42)38-21-9-8-10-25(37)29(40)41)20-18-34(6)23(24(36)22-31)11-12-27-33(5)15-14-28(39)32(3,4)26(33)13-16-35(27,34)7/h11,24-28,39H,8-10,12-22,37H2,1-7H3,(H,38,42)(H,40,41)/t24-,25-,26-,27+,28-,33-,34+,35+,36-/m0/s1. The number of aliphatic carboxylic acids is 1. The lowest BCUT2D eigenvalue weighted by Gasteiger charge is -2.71. The maximum Gasteiger partial charge on any atom is 0.320 e. The Morgan fingerprint density at radius 3 is 2.33 bits per heavy atom. The van der Waals surface area contributed by atoms with Gasteiger partial charge in [-0.1, -0.05) is 60.1 Å². The molecule has 0 saturated heterocycles. The van der Waals surface area contributed by atoms with Crippen molar-refractivity contribution in [3.63, 3.8) is 0 Å². The number of unbranched alkanes of at least 4 members (excludes halogenated alkanes) is 1. The number of hydrogen-bond acceptors (Lipinski definition) is 4. The molecule has 0 radical (unpaired) electrons. The van der Waals surface area contributed by atoms with E-state index in [1.165, 1.54) is 12.8 Å². The first-order valence-corrected chi connectivity index (χ1v) is 17.1. The molecule has 9 atom stereocenters.